The molecule has 0 unspecified atom stereocenters. The van der Waals surface area contributed by atoms with Gasteiger partial charge in [-0.05, 0) is 43.4 Å². The van der Waals surface area contributed by atoms with Crippen LogP contribution < -0.4 is 4.74 Å². The maximum atomic E-state index is 10.6. The first-order valence-electron chi connectivity index (χ1n) is 6.07. The van der Waals surface area contributed by atoms with Crippen molar-refractivity contribution in [3.8, 4) is 5.75 Å². The Labute approximate surface area is 102 Å². The summed E-state index contributed by atoms with van der Waals surface area (Å²) >= 11 is 0. The van der Waals surface area contributed by atoms with Crippen LogP contribution >= 0.6 is 0 Å². The number of rotatable bonds is 3. The lowest BCUT2D eigenvalue weighted by Gasteiger charge is -2.35. The molecule has 94 valence electrons. The van der Waals surface area contributed by atoms with Crippen LogP contribution in [0.25, 0.3) is 0 Å². The Morgan fingerprint density at radius 3 is 2.18 bits per heavy atom. The molecule has 0 aliphatic heterocycles. The van der Waals surface area contributed by atoms with Crippen molar-refractivity contribution in [2.75, 3.05) is 14.2 Å². The van der Waals surface area contributed by atoms with Crippen molar-refractivity contribution in [2.24, 2.45) is 0 Å². The molecule has 0 amide bonds. The molecule has 1 aromatic carbocycles. The van der Waals surface area contributed by atoms with Crippen LogP contribution in [0.15, 0.2) is 24.3 Å². The summed E-state index contributed by atoms with van der Waals surface area (Å²) in [7, 11) is 3.38. The van der Waals surface area contributed by atoms with Gasteiger partial charge in [0, 0.05) is 7.11 Å². The zero-order valence-electron chi connectivity index (χ0n) is 10.5. The number of benzene rings is 1. The Morgan fingerprint density at radius 1 is 1.12 bits per heavy atom. The zero-order chi connectivity index (χ0) is 12.3. The summed E-state index contributed by atoms with van der Waals surface area (Å²) in [6, 6.07) is 7.70. The Kier molecular flexibility index (Phi) is 3.69. The maximum Gasteiger partial charge on any atom is 0.118 e. The molecule has 1 aliphatic rings. The largest absolute Gasteiger partial charge is 0.497 e. The van der Waals surface area contributed by atoms with E-state index in [1.54, 1.807) is 14.2 Å². The van der Waals surface area contributed by atoms with Gasteiger partial charge in [0.2, 0.25) is 0 Å². The van der Waals surface area contributed by atoms with E-state index < -0.39 is 5.60 Å². The van der Waals surface area contributed by atoms with E-state index in [9.17, 15) is 5.11 Å². The number of hydrogen-bond acceptors (Lipinski definition) is 3. The van der Waals surface area contributed by atoms with Crippen molar-refractivity contribution in [1.29, 1.82) is 0 Å². The lowest BCUT2D eigenvalue weighted by molar-refractivity contribution is -0.0474. The monoisotopic (exact) mass is 236 g/mol. The summed E-state index contributed by atoms with van der Waals surface area (Å²) in [5, 5.41) is 10.6. The summed E-state index contributed by atoms with van der Waals surface area (Å²) < 4.78 is 10.4. The highest BCUT2D eigenvalue weighted by Gasteiger charge is 2.34. The van der Waals surface area contributed by atoms with Gasteiger partial charge in [0.1, 0.15) is 5.75 Å². The van der Waals surface area contributed by atoms with Gasteiger partial charge in [-0.25, -0.2) is 0 Å². The molecule has 0 spiro atoms. The zero-order valence-corrected chi connectivity index (χ0v) is 10.5. The van der Waals surface area contributed by atoms with Crippen molar-refractivity contribution < 1.29 is 14.6 Å². The topological polar surface area (TPSA) is 38.7 Å². The number of ether oxygens (including phenoxy) is 2. The molecule has 2 rings (SSSR count). The lowest BCUT2D eigenvalue weighted by Crippen LogP contribution is -2.33. The van der Waals surface area contributed by atoms with Crippen LogP contribution in [0.5, 0.6) is 5.75 Å². The summed E-state index contributed by atoms with van der Waals surface area (Å²) in [5.41, 5.74) is 0.286. The number of aliphatic hydroxyl groups is 1. The normalized spacial score (nSPS) is 29.0. The molecule has 0 saturated heterocycles. The minimum absolute atomic E-state index is 0.300. The summed E-state index contributed by atoms with van der Waals surface area (Å²) in [5.74, 6) is 0.822. The minimum atomic E-state index is -0.693. The molecule has 0 atom stereocenters. The third-order valence-electron chi connectivity index (χ3n) is 3.72. The first-order chi connectivity index (χ1) is 8.18. The molecule has 0 aromatic heterocycles. The van der Waals surface area contributed by atoms with Crippen molar-refractivity contribution >= 4 is 0 Å². The van der Waals surface area contributed by atoms with Gasteiger partial charge in [-0.2, -0.15) is 0 Å². The van der Waals surface area contributed by atoms with E-state index in [0.29, 0.717) is 6.10 Å². The molecule has 1 N–H and O–H groups in total. The van der Waals surface area contributed by atoms with E-state index in [-0.39, 0.29) is 0 Å². The van der Waals surface area contributed by atoms with Gasteiger partial charge in [-0.15, -0.1) is 0 Å². The average Bonchev–Trinajstić information content (AvgIpc) is 2.40. The summed E-state index contributed by atoms with van der Waals surface area (Å²) in [6.07, 6.45) is 3.65. The molecule has 1 aromatic rings. The summed E-state index contributed by atoms with van der Waals surface area (Å²) in [6.45, 7) is 0. The third kappa shape index (κ3) is 2.61. The highest BCUT2D eigenvalue weighted by molar-refractivity contribution is 5.31. The number of hydrogen-bond donors (Lipinski definition) is 1. The van der Waals surface area contributed by atoms with Gasteiger partial charge in [-0.1, -0.05) is 12.1 Å². The van der Waals surface area contributed by atoms with Gasteiger partial charge < -0.3 is 14.6 Å². The fraction of sp³-hybridized carbons (Fsp3) is 0.571. The van der Waals surface area contributed by atoms with Crippen LogP contribution in [-0.2, 0) is 10.3 Å². The SMILES string of the molecule is COc1ccc(C2(O)CCC(OC)CC2)cc1. The molecular formula is C14H20O3. The quantitative estimate of drug-likeness (QED) is 0.876. The second-order valence-electron chi connectivity index (χ2n) is 4.70. The van der Waals surface area contributed by atoms with Crippen LogP contribution in [-0.4, -0.2) is 25.4 Å². The van der Waals surface area contributed by atoms with Crippen molar-refractivity contribution in [3.63, 3.8) is 0 Å². The van der Waals surface area contributed by atoms with Crippen LogP contribution in [0.1, 0.15) is 31.2 Å². The molecule has 1 saturated carbocycles. The molecule has 0 radical (unpaired) electrons. The third-order valence-corrected chi connectivity index (χ3v) is 3.72. The van der Waals surface area contributed by atoms with Gasteiger partial charge >= 0.3 is 0 Å². The van der Waals surface area contributed by atoms with Crippen molar-refractivity contribution in [1.82, 2.24) is 0 Å². The molecule has 17 heavy (non-hydrogen) atoms. The molecule has 1 fully saturated rings. The van der Waals surface area contributed by atoms with Gasteiger partial charge in [0.05, 0.1) is 18.8 Å². The standard InChI is InChI=1S/C14H20O3/c1-16-12-5-3-11(4-6-12)14(15)9-7-13(17-2)8-10-14/h3-6,13,15H,7-10H2,1-2H3. The highest BCUT2D eigenvalue weighted by Crippen LogP contribution is 2.38. The Bertz CT molecular complexity index is 350. The van der Waals surface area contributed by atoms with E-state index in [2.05, 4.69) is 0 Å². The molecule has 1 aliphatic carbocycles. The first kappa shape index (κ1) is 12.4. The predicted molar refractivity (Wildman–Crippen MR) is 66.2 cm³/mol. The Hall–Kier alpha value is -1.06. The fourth-order valence-corrected chi connectivity index (χ4v) is 2.49. The maximum absolute atomic E-state index is 10.6. The van der Waals surface area contributed by atoms with Crippen molar-refractivity contribution in [3.05, 3.63) is 29.8 Å². The van der Waals surface area contributed by atoms with Crippen LogP contribution in [0.2, 0.25) is 0 Å². The molecule has 0 heterocycles. The second kappa shape index (κ2) is 5.07. The average molecular weight is 236 g/mol. The Balaban J connectivity index is 2.10. The molecule has 3 heteroatoms. The van der Waals surface area contributed by atoms with Gasteiger partial charge in [0.25, 0.3) is 0 Å². The molecule has 0 bridgehead atoms. The lowest BCUT2D eigenvalue weighted by atomic mass is 9.78. The van der Waals surface area contributed by atoms with E-state index in [1.165, 1.54) is 0 Å². The van der Waals surface area contributed by atoms with Crippen LogP contribution in [0.4, 0.5) is 0 Å². The fourth-order valence-electron chi connectivity index (χ4n) is 2.49. The molecular weight excluding hydrogens is 216 g/mol. The van der Waals surface area contributed by atoms with Crippen LogP contribution in [0.3, 0.4) is 0 Å². The summed E-state index contributed by atoms with van der Waals surface area (Å²) in [4.78, 5) is 0. The van der Waals surface area contributed by atoms with E-state index >= 15 is 0 Å². The van der Waals surface area contributed by atoms with E-state index in [0.717, 1.165) is 37.0 Å². The van der Waals surface area contributed by atoms with Gasteiger partial charge in [-0.3, -0.25) is 0 Å². The second-order valence-corrected chi connectivity index (χ2v) is 4.70. The minimum Gasteiger partial charge on any atom is -0.497 e. The number of methoxy groups -OCH3 is 2. The Morgan fingerprint density at radius 2 is 1.71 bits per heavy atom. The van der Waals surface area contributed by atoms with Crippen LogP contribution in [0, 0.1) is 0 Å². The molecule has 3 nitrogen and oxygen atoms in total. The smallest absolute Gasteiger partial charge is 0.118 e. The van der Waals surface area contributed by atoms with Crippen molar-refractivity contribution in [2.45, 2.75) is 37.4 Å². The van der Waals surface area contributed by atoms with E-state index in [1.807, 2.05) is 24.3 Å². The highest BCUT2D eigenvalue weighted by atomic mass is 16.5. The van der Waals surface area contributed by atoms with Gasteiger partial charge in [0.15, 0.2) is 0 Å². The predicted octanol–water partition coefficient (Wildman–Crippen LogP) is 2.47. The van der Waals surface area contributed by atoms with E-state index in [4.69, 9.17) is 9.47 Å². The first-order valence-corrected chi connectivity index (χ1v) is 6.07.